The van der Waals surface area contributed by atoms with E-state index >= 15 is 0 Å². The normalized spacial score (nSPS) is 10.2. The second-order valence-electron chi connectivity index (χ2n) is 4.06. The third kappa shape index (κ3) is 4.25. The van der Waals surface area contributed by atoms with Crippen molar-refractivity contribution in [2.75, 3.05) is 5.32 Å². The molecule has 2 rings (SSSR count). The van der Waals surface area contributed by atoms with E-state index in [0.717, 1.165) is 5.56 Å². The van der Waals surface area contributed by atoms with Crippen molar-refractivity contribution in [2.45, 2.75) is 6.54 Å². The minimum Gasteiger partial charge on any atom is -0.358 e. The van der Waals surface area contributed by atoms with Gasteiger partial charge in [-0.2, -0.15) is 0 Å². The Morgan fingerprint density at radius 3 is 2.65 bits per heavy atom. The quantitative estimate of drug-likeness (QED) is 0.805. The Bertz CT molecular complexity index is 634. The lowest BCUT2D eigenvalue weighted by molar-refractivity contribution is 0.625. The summed E-state index contributed by atoms with van der Waals surface area (Å²) >= 11 is 8.24. The molecule has 104 valence electrons. The van der Waals surface area contributed by atoms with Crippen molar-refractivity contribution in [1.29, 1.82) is 0 Å². The van der Waals surface area contributed by atoms with Gasteiger partial charge in [-0.25, -0.2) is 8.78 Å². The molecule has 2 aromatic carbocycles. The second kappa shape index (κ2) is 6.76. The summed E-state index contributed by atoms with van der Waals surface area (Å²) in [7, 11) is 0. The molecule has 0 aromatic heterocycles. The summed E-state index contributed by atoms with van der Waals surface area (Å²) in [4.78, 5) is 0. The maximum atomic E-state index is 13.6. The van der Waals surface area contributed by atoms with Crippen molar-refractivity contribution in [2.24, 2.45) is 0 Å². The minimum atomic E-state index is -0.408. The summed E-state index contributed by atoms with van der Waals surface area (Å²) in [6, 6.07) is 10.8. The molecule has 0 saturated heterocycles. The molecular formula is C14H11BrF2N2S. The molecule has 0 unspecified atom stereocenters. The van der Waals surface area contributed by atoms with Gasteiger partial charge in [0.1, 0.15) is 11.6 Å². The van der Waals surface area contributed by atoms with Crippen molar-refractivity contribution >= 4 is 38.9 Å². The Hall–Kier alpha value is -1.53. The number of hydrogen-bond donors (Lipinski definition) is 2. The first-order valence-electron chi connectivity index (χ1n) is 5.79. The molecule has 0 aliphatic carbocycles. The van der Waals surface area contributed by atoms with E-state index in [9.17, 15) is 8.78 Å². The summed E-state index contributed by atoms with van der Waals surface area (Å²) in [6.07, 6.45) is 0. The molecule has 0 fully saturated rings. The lowest BCUT2D eigenvalue weighted by atomic mass is 10.2. The minimum absolute atomic E-state index is 0.274. The van der Waals surface area contributed by atoms with Crippen LogP contribution in [0.5, 0.6) is 0 Å². The smallest absolute Gasteiger partial charge is 0.171 e. The Kier molecular flexibility index (Phi) is 5.03. The van der Waals surface area contributed by atoms with E-state index in [4.69, 9.17) is 12.2 Å². The molecule has 0 heterocycles. The molecule has 0 aliphatic heterocycles. The zero-order chi connectivity index (χ0) is 14.5. The van der Waals surface area contributed by atoms with Crippen LogP contribution in [-0.4, -0.2) is 5.11 Å². The van der Waals surface area contributed by atoms with Crippen molar-refractivity contribution < 1.29 is 8.78 Å². The maximum Gasteiger partial charge on any atom is 0.171 e. The van der Waals surface area contributed by atoms with Gasteiger partial charge in [0.25, 0.3) is 0 Å². The highest BCUT2D eigenvalue weighted by Crippen LogP contribution is 2.19. The average Bonchev–Trinajstić information content (AvgIpc) is 2.40. The number of hydrogen-bond acceptors (Lipinski definition) is 1. The van der Waals surface area contributed by atoms with Gasteiger partial charge in [0.2, 0.25) is 0 Å². The molecule has 0 saturated carbocycles. The van der Waals surface area contributed by atoms with Gasteiger partial charge in [-0.3, -0.25) is 0 Å². The van der Waals surface area contributed by atoms with E-state index in [1.54, 1.807) is 24.3 Å². The largest absolute Gasteiger partial charge is 0.358 e. The molecule has 0 spiro atoms. The summed E-state index contributed by atoms with van der Waals surface area (Å²) < 4.78 is 27.2. The van der Waals surface area contributed by atoms with E-state index < -0.39 is 5.82 Å². The zero-order valence-corrected chi connectivity index (χ0v) is 12.7. The topological polar surface area (TPSA) is 24.1 Å². The first-order valence-corrected chi connectivity index (χ1v) is 6.99. The zero-order valence-electron chi connectivity index (χ0n) is 10.3. The Balaban J connectivity index is 1.92. The first kappa shape index (κ1) is 14.9. The average molecular weight is 357 g/mol. The maximum absolute atomic E-state index is 13.6. The predicted molar refractivity (Wildman–Crippen MR) is 83.6 cm³/mol. The van der Waals surface area contributed by atoms with Gasteiger partial charge in [-0.1, -0.05) is 28.1 Å². The van der Waals surface area contributed by atoms with E-state index in [-0.39, 0.29) is 16.6 Å². The van der Waals surface area contributed by atoms with Crippen LogP contribution >= 0.6 is 28.1 Å². The molecule has 0 atom stereocenters. The molecule has 2 nitrogen and oxygen atoms in total. The SMILES string of the molecule is Fc1cccc(CNC(=S)Nc2ccc(Br)cc2F)c1. The van der Waals surface area contributed by atoms with Gasteiger partial charge in [0.05, 0.1) is 5.69 Å². The number of anilines is 1. The van der Waals surface area contributed by atoms with Crippen LogP contribution in [-0.2, 0) is 6.54 Å². The summed E-state index contributed by atoms with van der Waals surface area (Å²) in [5.74, 6) is -0.712. The van der Waals surface area contributed by atoms with Gasteiger partial charge >= 0.3 is 0 Å². The number of halogens is 3. The summed E-state index contributed by atoms with van der Waals surface area (Å²) in [5.41, 5.74) is 1.04. The molecule has 0 radical (unpaired) electrons. The van der Waals surface area contributed by atoms with Crippen molar-refractivity contribution in [1.82, 2.24) is 5.32 Å². The van der Waals surface area contributed by atoms with Gasteiger partial charge in [-0.15, -0.1) is 0 Å². The Morgan fingerprint density at radius 1 is 1.15 bits per heavy atom. The second-order valence-corrected chi connectivity index (χ2v) is 5.39. The number of nitrogens with one attached hydrogen (secondary N) is 2. The van der Waals surface area contributed by atoms with Crippen LogP contribution in [0, 0.1) is 11.6 Å². The highest BCUT2D eigenvalue weighted by molar-refractivity contribution is 9.10. The van der Waals surface area contributed by atoms with Crippen molar-refractivity contribution in [3.63, 3.8) is 0 Å². The molecular weight excluding hydrogens is 346 g/mol. The summed E-state index contributed by atoms with van der Waals surface area (Å²) in [5, 5.41) is 5.92. The van der Waals surface area contributed by atoms with Crippen LogP contribution in [0.25, 0.3) is 0 Å². The van der Waals surface area contributed by atoms with Crippen LogP contribution in [0.1, 0.15) is 5.56 Å². The van der Waals surface area contributed by atoms with E-state index in [2.05, 4.69) is 26.6 Å². The number of thiocarbonyl (C=S) groups is 1. The van der Waals surface area contributed by atoms with Crippen molar-refractivity contribution in [3.8, 4) is 0 Å². The third-order valence-electron chi connectivity index (χ3n) is 2.52. The van der Waals surface area contributed by atoms with Crippen LogP contribution in [0.4, 0.5) is 14.5 Å². The molecule has 0 aliphatic rings. The predicted octanol–water partition coefficient (Wildman–Crippen LogP) is 4.21. The van der Waals surface area contributed by atoms with Gasteiger partial charge in [0, 0.05) is 11.0 Å². The molecule has 2 N–H and O–H groups in total. The van der Waals surface area contributed by atoms with E-state index in [0.29, 0.717) is 11.0 Å². The van der Waals surface area contributed by atoms with Gasteiger partial charge in [0.15, 0.2) is 5.11 Å². The molecule has 20 heavy (non-hydrogen) atoms. The lowest BCUT2D eigenvalue weighted by Crippen LogP contribution is -2.28. The molecule has 0 amide bonds. The first-order chi connectivity index (χ1) is 9.54. The fourth-order valence-electron chi connectivity index (χ4n) is 1.59. The fraction of sp³-hybridized carbons (Fsp3) is 0.0714. The summed E-state index contributed by atoms with van der Waals surface area (Å²) in [6.45, 7) is 0.363. The van der Waals surface area contributed by atoms with Crippen LogP contribution in [0.15, 0.2) is 46.9 Å². The van der Waals surface area contributed by atoms with Gasteiger partial charge < -0.3 is 10.6 Å². The number of rotatable bonds is 3. The monoisotopic (exact) mass is 356 g/mol. The highest BCUT2D eigenvalue weighted by atomic mass is 79.9. The Labute approximate surface area is 129 Å². The number of benzene rings is 2. The van der Waals surface area contributed by atoms with Crippen LogP contribution in [0.2, 0.25) is 0 Å². The molecule has 2 aromatic rings. The van der Waals surface area contributed by atoms with E-state index in [1.807, 2.05) is 0 Å². The standard InChI is InChI=1S/C14H11BrF2N2S/c15-10-4-5-13(12(17)7-10)19-14(20)18-8-9-2-1-3-11(16)6-9/h1-7H,8H2,(H2,18,19,20). The molecule has 6 heteroatoms. The third-order valence-corrected chi connectivity index (χ3v) is 3.26. The Morgan fingerprint density at radius 2 is 1.95 bits per heavy atom. The van der Waals surface area contributed by atoms with Gasteiger partial charge in [-0.05, 0) is 48.1 Å². The van der Waals surface area contributed by atoms with E-state index in [1.165, 1.54) is 18.2 Å². The highest BCUT2D eigenvalue weighted by Gasteiger charge is 2.04. The lowest BCUT2D eigenvalue weighted by Gasteiger charge is -2.11. The van der Waals surface area contributed by atoms with Crippen LogP contribution in [0.3, 0.4) is 0 Å². The molecule has 0 bridgehead atoms. The van der Waals surface area contributed by atoms with Crippen LogP contribution < -0.4 is 10.6 Å². The van der Waals surface area contributed by atoms with Crippen molar-refractivity contribution in [3.05, 3.63) is 64.1 Å². The fourth-order valence-corrected chi connectivity index (χ4v) is 2.10.